The molecule has 2 rings (SSSR count). The Morgan fingerprint density at radius 2 is 1.29 bits per heavy atom. The molecule has 1 heterocycles. The number of nitrogens with zero attached hydrogens (tertiary/aromatic N) is 3. The van der Waals surface area contributed by atoms with E-state index < -0.39 is 0 Å². The van der Waals surface area contributed by atoms with Gasteiger partial charge in [-0.2, -0.15) is 15.0 Å². The highest BCUT2D eigenvalue weighted by molar-refractivity contribution is 5.54. The Morgan fingerprint density at radius 1 is 0.765 bits per heavy atom. The van der Waals surface area contributed by atoms with E-state index in [0.29, 0.717) is 5.95 Å². The van der Waals surface area contributed by atoms with Crippen LogP contribution in [0.25, 0.3) is 0 Å². The Morgan fingerprint density at radius 3 is 1.82 bits per heavy atom. The quantitative estimate of drug-likeness (QED) is 0.373. The fourth-order valence-electron chi connectivity index (χ4n) is 1.21. The zero-order chi connectivity index (χ0) is 12.1. The number of nitrogen functional groups attached to an aromatic ring is 2. The Balaban J connectivity index is 2.26. The summed E-state index contributed by atoms with van der Waals surface area (Å²) in [6.07, 6.45) is 0. The van der Waals surface area contributed by atoms with Gasteiger partial charge in [0, 0.05) is 5.69 Å². The number of nitrogens with two attached hydrogens (primary N) is 2. The lowest BCUT2D eigenvalue weighted by Gasteiger charge is -2.07. The summed E-state index contributed by atoms with van der Waals surface area (Å²) in [4.78, 5) is 11.9. The van der Waals surface area contributed by atoms with Gasteiger partial charge in [0.15, 0.2) is 0 Å². The summed E-state index contributed by atoms with van der Waals surface area (Å²) in [6.45, 7) is 0. The Bertz CT molecular complexity index is 463. The smallest absolute Gasteiger partial charge is 0.243 e. The van der Waals surface area contributed by atoms with E-state index in [1.54, 1.807) is 0 Å². The number of hydrogen-bond acceptors (Lipinski definition) is 8. The highest BCUT2D eigenvalue weighted by Gasteiger charge is 2.04. The molecule has 7 N–H and O–H groups in total. The van der Waals surface area contributed by atoms with Gasteiger partial charge in [0.25, 0.3) is 0 Å². The van der Waals surface area contributed by atoms with Crippen LogP contribution in [0.2, 0.25) is 0 Å². The monoisotopic (exact) mass is 232 g/mol. The number of anilines is 4. The fourth-order valence-corrected chi connectivity index (χ4v) is 1.21. The van der Waals surface area contributed by atoms with Crippen molar-refractivity contribution < 1.29 is 0 Å². The molecular weight excluding hydrogens is 220 g/mol. The number of benzene rings is 1. The van der Waals surface area contributed by atoms with Crippen molar-refractivity contribution in [1.29, 1.82) is 0 Å². The average Bonchev–Trinajstić information content (AvgIpc) is 2.39. The van der Waals surface area contributed by atoms with Gasteiger partial charge in [0.2, 0.25) is 17.8 Å². The first-order valence-electron chi connectivity index (χ1n) is 4.83. The first kappa shape index (κ1) is 11.0. The maximum absolute atomic E-state index is 5.24. The van der Waals surface area contributed by atoms with Crippen LogP contribution in [0.3, 0.4) is 0 Å². The van der Waals surface area contributed by atoms with Gasteiger partial charge >= 0.3 is 0 Å². The molecule has 1 aromatic carbocycles. The van der Waals surface area contributed by atoms with Crippen molar-refractivity contribution in [1.82, 2.24) is 15.0 Å². The van der Waals surface area contributed by atoms with Crippen LogP contribution in [0.15, 0.2) is 30.3 Å². The molecule has 2 aromatic rings. The van der Waals surface area contributed by atoms with Gasteiger partial charge in [0.05, 0.1) is 0 Å². The van der Waals surface area contributed by atoms with E-state index in [9.17, 15) is 0 Å². The highest BCUT2D eigenvalue weighted by atomic mass is 15.4. The largest absolute Gasteiger partial charge is 0.324 e. The minimum atomic E-state index is 0.214. The van der Waals surface area contributed by atoms with Crippen LogP contribution < -0.4 is 27.9 Å². The first-order valence-corrected chi connectivity index (χ1v) is 4.83. The van der Waals surface area contributed by atoms with E-state index in [-0.39, 0.29) is 11.9 Å². The van der Waals surface area contributed by atoms with Crippen LogP contribution in [0.4, 0.5) is 23.5 Å². The summed E-state index contributed by atoms with van der Waals surface area (Å²) in [5, 5.41) is 3.00. The van der Waals surface area contributed by atoms with Crippen molar-refractivity contribution in [2.45, 2.75) is 0 Å². The van der Waals surface area contributed by atoms with Gasteiger partial charge in [-0.05, 0) is 12.1 Å². The van der Waals surface area contributed by atoms with Crippen molar-refractivity contribution in [3.05, 3.63) is 30.3 Å². The molecule has 0 spiro atoms. The molecule has 0 aliphatic rings. The molecule has 0 saturated carbocycles. The predicted molar refractivity (Wildman–Crippen MR) is 65.2 cm³/mol. The van der Waals surface area contributed by atoms with Crippen molar-refractivity contribution in [3.8, 4) is 0 Å². The Hall–Kier alpha value is -2.45. The molecule has 0 aliphatic heterocycles. The minimum absolute atomic E-state index is 0.214. The van der Waals surface area contributed by atoms with Gasteiger partial charge in [0.1, 0.15) is 0 Å². The van der Waals surface area contributed by atoms with Crippen molar-refractivity contribution in [2.75, 3.05) is 16.2 Å². The third kappa shape index (κ3) is 2.77. The van der Waals surface area contributed by atoms with Crippen LogP contribution in [0.1, 0.15) is 0 Å². The molecule has 0 bridgehead atoms. The van der Waals surface area contributed by atoms with E-state index in [1.165, 1.54) is 0 Å². The van der Waals surface area contributed by atoms with E-state index in [0.717, 1.165) is 5.69 Å². The normalized spacial score (nSPS) is 9.76. The molecule has 0 fully saturated rings. The highest BCUT2D eigenvalue weighted by Crippen LogP contribution is 2.14. The first-order chi connectivity index (χ1) is 8.31. The molecule has 0 amide bonds. The lowest BCUT2D eigenvalue weighted by atomic mass is 10.3. The minimum Gasteiger partial charge on any atom is -0.324 e. The zero-order valence-electron chi connectivity index (χ0n) is 8.88. The number of hydrogen-bond donors (Lipinski definition) is 5. The van der Waals surface area contributed by atoms with Gasteiger partial charge in [-0.25, -0.2) is 11.7 Å². The lowest BCUT2D eigenvalue weighted by molar-refractivity contribution is 1.02. The van der Waals surface area contributed by atoms with Gasteiger partial charge in [-0.1, -0.05) is 18.2 Å². The van der Waals surface area contributed by atoms with E-state index in [4.69, 9.17) is 11.7 Å². The molecule has 88 valence electrons. The average molecular weight is 232 g/mol. The standard InChI is InChI=1S/C9H12N8/c10-16-8-13-7(14-9(15-8)17-11)12-6-4-2-1-3-5-6/h1-5H,10-11H2,(H3,12,13,14,15,16,17). The third-order valence-corrected chi connectivity index (χ3v) is 1.92. The third-order valence-electron chi connectivity index (χ3n) is 1.92. The second-order valence-electron chi connectivity index (χ2n) is 3.09. The van der Waals surface area contributed by atoms with Crippen molar-refractivity contribution in [2.24, 2.45) is 11.7 Å². The zero-order valence-corrected chi connectivity index (χ0v) is 8.88. The van der Waals surface area contributed by atoms with Crippen LogP contribution in [-0.4, -0.2) is 15.0 Å². The van der Waals surface area contributed by atoms with E-state index in [2.05, 4.69) is 31.1 Å². The van der Waals surface area contributed by atoms with Crippen molar-refractivity contribution >= 4 is 23.5 Å². The molecule has 1 aromatic heterocycles. The molecule has 0 aliphatic carbocycles. The van der Waals surface area contributed by atoms with Gasteiger partial charge in [-0.15, -0.1) is 0 Å². The maximum atomic E-state index is 5.24. The molecule has 8 nitrogen and oxygen atoms in total. The van der Waals surface area contributed by atoms with Crippen molar-refractivity contribution in [3.63, 3.8) is 0 Å². The molecule has 0 atom stereocenters. The summed E-state index contributed by atoms with van der Waals surface area (Å²) in [5.41, 5.74) is 5.51. The maximum Gasteiger partial charge on any atom is 0.243 e. The number of para-hydroxylation sites is 1. The SMILES string of the molecule is NNc1nc(NN)nc(Nc2ccccc2)n1. The van der Waals surface area contributed by atoms with E-state index >= 15 is 0 Å². The number of aromatic nitrogens is 3. The molecule has 0 unspecified atom stereocenters. The van der Waals surface area contributed by atoms with E-state index in [1.807, 2.05) is 30.3 Å². The van der Waals surface area contributed by atoms with Crippen LogP contribution in [0, 0.1) is 0 Å². The lowest BCUT2D eigenvalue weighted by Crippen LogP contribution is -2.17. The van der Waals surface area contributed by atoms with Gasteiger partial charge < -0.3 is 5.32 Å². The summed E-state index contributed by atoms with van der Waals surface area (Å²) >= 11 is 0. The summed E-state index contributed by atoms with van der Waals surface area (Å²) in [5.74, 6) is 11.2. The summed E-state index contributed by atoms with van der Waals surface area (Å²) in [7, 11) is 0. The van der Waals surface area contributed by atoms with Crippen LogP contribution >= 0.6 is 0 Å². The predicted octanol–water partition coefficient (Wildman–Crippen LogP) is 0.186. The fraction of sp³-hybridized carbons (Fsp3) is 0. The molecule has 0 radical (unpaired) electrons. The number of hydrazine groups is 2. The molecule has 0 saturated heterocycles. The second-order valence-corrected chi connectivity index (χ2v) is 3.09. The van der Waals surface area contributed by atoms with Crippen LogP contribution in [-0.2, 0) is 0 Å². The molecule has 17 heavy (non-hydrogen) atoms. The van der Waals surface area contributed by atoms with Crippen LogP contribution in [0.5, 0.6) is 0 Å². The number of nitrogens with one attached hydrogen (secondary N) is 3. The summed E-state index contributed by atoms with van der Waals surface area (Å²) in [6, 6.07) is 9.48. The second kappa shape index (κ2) is 5.05. The Kier molecular flexibility index (Phi) is 3.28. The topological polar surface area (TPSA) is 127 Å². The molecular formula is C9H12N8. The Labute approximate surface area is 97.4 Å². The molecule has 8 heteroatoms. The summed E-state index contributed by atoms with van der Waals surface area (Å²) < 4.78 is 0. The van der Waals surface area contributed by atoms with Gasteiger partial charge in [-0.3, -0.25) is 10.9 Å². The number of rotatable bonds is 4.